The molecule has 0 spiro atoms. The molecule has 14 nitrogen and oxygen atoms in total. The van der Waals surface area contributed by atoms with Crippen LogP contribution in [0.3, 0.4) is 0 Å². The van der Waals surface area contributed by atoms with Gasteiger partial charge in [0.15, 0.2) is 215 Å². The van der Waals surface area contributed by atoms with Crippen molar-refractivity contribution in [3.8, 4) is 0 Å². The molecule has 4 N–H and O–H groups in total. The minimum Gasteiger partial charge on any atom is -0.840 e. The highest BCUT2D eigenvalue weighted by atomic mass is 19.2. The summed E-state index contributed by atoms with van der Waals surface area (Å²) in [7, 11) is 0. The van der Waals surface area contributed by atoms with Crippen LogP contribution >= 0.6 is 0 Å². The van der Waals surface area contributed by atoms with E-state index >= 15 is 70.2 Å². The molecule has 11 heterocycles. The highest BCUT2D eigenvalue weighted by molar-refractivity contribution is 5.52. The second-order valence-electron chi connectivity index (χ2n) is 31.8. The van der Waals surface area contributed by atoms with Crippen molar-refractivity contribution in [1.29, 1.82) is 0 Å². The fourth-order valence-corrected chi connectivity index (χ4v) is 16.6. The summed E-state index contributed by atoms with van der Waals surface area (Å²) in [6.45, 7) is 25.4. The lowest BCUT2D eigenvalue weighted by Crippen LogP contribution is -3.17. The van der Waals surface area contributed by atoms with Crippen LogP contribution in [0, 0.1) is 233 Å². The number of quaternary nitrogens is 1. The monoisotopic (exact) mass is 1990 g/mol. The predicted molar refractivity (Wildman–Crippen MR) is 365 cm³/mol. The molecule has 734 valence electrons. The first-order chi connectivity index (χ1) is 62.1. The molecule has 11 saturated heterocycles. The zero-order chi connectivity index (χ0) is 100. The van der Waals surface area contributed by atoms with Crippen molar-refractivity contribution in [2.45, 2.75) is 86.1 Å². The number of aliphatic hydroxyl groups is 3. The maximum absolute atomic E-state index is 15.5. The number of ether oxygens (including phenoxy) is 4. The molecule has 0 unspecified atom stereocenters. The summed E-state index contributed by atoms with van der Waals surface area (Å²) in [5, 5.41) is 50.7. The third-order valence-corrected chi connectivity index (χ3v) is 23.3. The van der Waals surface area contributed by atoms with Crippen molar-refractivity contribution in [1.82, 2.24) is 24.5 Å². The number of nitrogens with zero attached hydrogens (tertiary/aromatic N) is 5. The summed E-state index contributed by atoms with van der Waals surface area (Å²) >= 11 is 0. The van der Waals surface area contributed by atoms with Gasteiger partial charge in [-0.05, 0) is 33.3 Å². The number of nitrogens with one attached hydrogen (secondary N) is 1. The molecule has 11 fully saturated rings. The van der Waals surface area contributed by atoms with Gasteiger partial charge in [-0.25, -0.2) is 176 Å². The summed E-state index contributed by atoms with van der Waals surface area (Å²) in [5.41, 5.74) is -48.5. The van der Waals surface area contributed by atoms with Crippen molar-refractivity contribution in [2.24, 2.45) is 0 Å². The van der Waals surface area contributed by atoms with Gasteiger partial charge in [0.2, 0.25) is 46.5 Å². The van der Waals surface area contributed by atoms with Gasteiger partial charge in [-0.1, -0.05) is 0 Å². The number of fused-ring (bicyclic) bond motifs is 9. The Labute approximate surface area is 723 Å². The van der Waals surface area contributed by atoms with E-state index in [0.717, 1.165) is 0 Å². The number of piperazine rings is 9. The van der Waals surface area contributed by atoms with Crippen molar-refractivity contribution in [3.63, 3.8) is 0 Å². The maximum atomic E-state index is 15.5. The number of hydrogen-bond acceptors (Lipinski definition) is 13. The normalized spacial score (nSPS) is 22.4. The van der Waals surface area contributed by atoms with E-state index in [4.69, 9.17) is 18.9 Å². The summed E-state index contributed by atoms with van der Waals surface area (Å²) < 4.78 is 614. The molecule has 0 aromatic heterocycles. The Morgan fingerprint density at radius 2 is 0.313 bits per heavy atom. The third kappa shape index (κ3) is 16.8. The highest BCUT2D eigenvalue weighted by Gasteiger charge is 2.69. The van der Waals surface area contributed by atoms with Crippen molar-refractivity contribution < 1.29 is 220 Å². The van der Waals surface area contributed by atoms with E-state index in [1.807, 2.05) is 4.90 Å². The van der Waals surface area contributed by atoms with Crippen LogP contribution in [0.4, 0.5) is 176 Å². The van der Waals surface area contributed by atoms with Gasteiger partial charge in [0.1, 0.15) is 18.3 Å². The second kappa shape index (κ2) is 37.4. The molecule has 54 heteroatoms. The van der Waals surface area contributed by atoms with Crippen LogP contribution in [0.1, 0.15) is 72.2 Å². The first-order valence-electron chi connectivity index (χ1n) is 38.3. The van der Waals surface area contributed by atoms with Crippen LogP contribution in [0.2, 0.25) is 0 Å². The first-order valence-corrected chi connectivity index (χ1v) is 38.3. The summed E-state index contributed by atoms with van der Waals surface area (Å²) in [4.78, 5) is 14.6. The van der Waals surface area contributed by atoms with Gasteiger partial charge in [-0.3, -0.25) is 24.5 Å². The number of halogens is 40. The topological polar surface area (TPSA) is 141 Å². The number of hydrogen-bond donors (Lipinski definition) is 4. The molecule has 134 heavy (non-hydrogen) atoms. The fraction of sp³-hybridized carbons (Fsp3) is 0.400. The van der Waals surface area contributed by atoms with Crippen LogP contribution < -0.4 is 10.0 Å². The lowest BCUT2D eigenvalue weighted by Gasteiger charge is -2.50. The molecule has 0 aliphatic carbocycles. The van der Waals surface area contributed by atoms with Gasteiger partial charge >= 0.3 is 0 Å². The number of benzene rings is 8. The summed E-state index contributed by atoms with van der Waals surface area (Å²) in [5.74, 6) is -141. The first kappa shape index (κ1) is 103. The Balaban J connectivity index is 0.000000191. The lowest BCUT2D eigenvalue weighted by molar-refractivity contribution is -0.914. The Hall–Kier alpha value is -9.60. The van der Waals surface area contributed by atoms with Gasteiger partial charge in [-0.2, -0.15) is 0 Å². The molecule has 19 rings (SSSR count). The molecule has 0 radical (unpaired) electrons. The Morgan fingerprint density at radius 3 is 0.433 bits per heavy atom. The quantitative estimate of drug-likeness (QED) is 0.0524. The molecule has 0 amide bonds. The Morgan fingerprint density at radius 1 is 0.201 bits per heavy atom. The maximum Gasteiger partial charge on any atom is 0.200 e. The molecule has 4 atom stereocenters. The van der Waals surface area contributed by atoms with Crippen molar-refractivity contribution in [2.75, 3.05) is 118 Å². The molecular formula is C80H56F40N6O8. The minimum atomic E-state index is -5.80. The molecule has 11 aliphatic rings. The molecule has 8 aromatic rings. The van der Waals surface area contributed by atoms with Crippen molar-refractivity contribution >= 4 is 0 Å². The van der Waals surface area contributed by atoms with E-state index < -0.39 is 336 Å². The lowest BCUT2D eigenvalue weighted by atomic mass is 9.70. The van der Waals surface area contributed by atoms with Gasteiger partial charge in [0.05, 0.1) is 59.1 Å². The van der Waals surface area contributed by atoms with E-state index in [0.29, 0.717) is 27.7 Å². The average Bonchev–Trinajstić information content (AvgIpc) is 1.40. The SMILES string of the molecule is C1CN2CCN1CC2.C1CN2CCN1CC2.C1C[NH+]2CCN1CC2.CC1(C)O[C@@H](C(O)(c2c(F)c(F)c(F)c(F)c2F)c2c(F)c(F)c(F)c(F)c2F)[C@H](C(O)(c2c(F)c(F)c(F)c(F)c2F)c2c(F)c(F)c(F)c(F)c2F)O1.CC1(C)O[C@@H](C([O-])(c2c(F)c(F)c(F)c(F)c2F)c2c(F)c(F)c(F)c(F)c2F)[C@H](C(O)(c2c(F)c(F)c(F)c(F)c2F)c2c(F)c(F)c(F)c(F)c2F)O1. The van der Waals surface area contributed by atoms with Gasteiger partial charge in [0.25, 0.3) is 0 Å². The van der Waals surface area contributed by atoms with Crippen LogP contribution in [0.5, 0.6) is 0 Å². The Bertz CT molecular complexity index is 4760. The van der Waals surface area contributed by atoms with E-state index in [2.05, 4.69) is 24.5 Å². The van der Waals surface area contributed by atoms with Crippen LogP contribution in [0.15, 0.2) is 0 Å². The van der Waals surface area contributed by atoms with E-state index in [1.165, 1.54) is 118 Å². The predicted octanol–water partition coefficient (Wildman–Crippen LogP) is 13.1. The van der Waals surface area contributed by atoms with E-state index in [9.17, 15) is 126 Å². The van der Waals surface area contributed by atoms with E-state index in [-0.39, 0.29) is 0 Å². The summed E-state index contributed by atoms with van der Waals surface area (Å²) in [6, 6.07) is 0. The van der Waals surface area contributed by atoms with Crippen LogP contribution in [-0.2, 0) is 41.4 Å². The summed E-state index contributed by atoms with van der Waals surface area (Å²) in [6.07, 6.45) is -17.2. The van der Waals surface area contributed by atoms with Gasteiger partial charge in [0, 0.05) is 109 Å². The molecule has 6 bridgehead atoms. The minimum absolute atomic E-state index is 0.314. The second-order valence-corrected chi connectivity index (χ2v) is 31.8. The van der Waals surface area contributed by atoms with Gasteiger partial charge in [-0.15, -0.1) is 0 Å². The van der Waals surface area contributed by atoms with Gasteiger partial charge < -0.3 is 44.3 Å². The molecule has 0 saturated carbocycles. The molecular weight excluding hydrogens is 1930 g/mol. The standard InChI is InChI=1S/C31H10F20O4.C31H9F20O4.3C6H12N2/c2*1-29(2)54-27(30(52,3-7(32)15(40)23(48)16(41)8(3)33)4-9(34)17(42)24(49)18(43)10(4)35)28(55-29)31(53,5-11(36)19(44)25(50)20(45)12(5)37)6-13(38)21(46)26(51)22(47)14(6)39;3*1-2-8-5-3-7(1)4-6-8/h27-28,52-53H,1-2H3;27-28,52H,1-2H3;3*1-6H2/q;-1;;;/p+1/t2*27-,28-;;;/m11.../s1. The number of rotatable bonds is 12. The van der Waals surface area contributed by atoms with Crippen molar-refractivity contribution in [3.05, 3.63) is 277 Å². The fourth-order valence-electron chi connectivity index (χ4n) is 16.6. The van der Waals surface area contributed by atoms with E-state index in [1.54, 1.807) is 0 Å². The molecule has 11 aliphatic heterocycles. The molecule has 8 aromatic carbocycles. The Kier molecular flexibility index (Phi) is 28.8. The smallest absolute Gasteiger partial charge is 0.200 e. The third-order valence-electron chi connectivity index (χ3n) is 23.3. The van der Waals surface area contributed by atoms with Crippen LogP contribution in [0.25, 0.3) is 0 Å². The largest absolute Gasteiger partial charge is 0.840 e. The van der Waals surface area contributed by atoms with Crippen LogP contribution in [-0.4, -0.2) is 194 Å². The highest BCUT2D eigenvalue weighted by Crippen LogP contribution is 2.58. The average molecular weight is 1990 g/mol. The zero-order valence-electron chi connectivity index (χ0n) is 67.3. The zero-order valence-corrected chi connectivity index (χ0v) is 67.3.